The van der Waals surface area contributed by atoms with Crippen LogP contribution in [0.3, 0.4) is 0 Å². The number of methoxy groups -OCH3 is 1. The molecule has 0 fully saturated rings. The number of para-hydroxylation sites is 1. The average Bonchev–Trinajstić information content (AvgIpc) is 3.59. The van der Waals surface area contributed by atoms with Crippen molar-refractivity contribution in [3.05, 3.63) is 142 Å². The second kappa shape index (κ2) is 22.7. The van der Waals surface area contributed by atoms with Gasteiger partial charge in [-0.15, -0.1) is 10.1 Å². The van der Waals surface area contributed by atoms with Gasteiger partial charge in [0.2, 0.25) is 0 Å². The number of carbonyl (C=O) groups excluding carboxylic acids is 3. The van der Waals surface area contributed by atoms with E-state index in [0.717, 1.165) is 5.56 Å². The molecule has 326 valence electrons. The maximum absolute atomic E-state index is 14.3. The van der Waals surface area contributed by atoms with E-state index >= 15 is 0 Å². The van der Waals surface area contributed by atoms with Gasteiger partial charge in [0.25, 0.3) is 11.0 Å². The molecule has 5 rings (SSSR count). The lowest BCUT2D eigenvalue weighted by Gasteiger charge is -2.20. The highest BCUT2D eigenvalue weighted by Crippen LogP contribution is 2.43. The monoisotopic (exact) mass is 851 g/mol. The van der Waals surface area contributed by atoms with Crippen LogP contribution in [0.15, 0.2) is 115 Å². The standard InChI is InChI=1S/C47H50FN3O11/c1-31(2)45-44(47(56)49-35-16-10-7-11-17-35)43(32-14-8-6-9-15-32)46(33-19-21-34(48)22-20-33)50(45)26-25-36(52)28-37(53)29-42(55)62-39-24-23-38(30-40(39)59-3)61-41(54)18-12-4-5-13-27-60-51(57)58/h6-12,14-24,30-31,36-37,52-53H,4-5,13,25-29H2,1-3H3,(H,49,56)/b18-12+/t36-,37-/m1/s1. The number of unbranched alkanes of at least 4 members (excludes halogenated alkanes) is 2. The van der Waals surface area contributed by atoms with Gasteiger partial charge in [-0.1, -0.05) is 68.5 Å². The summed E-state index contributed by atoms with van der Waals surface area (Å²) in [5, 5.41) is 34.6. The third kappa shape index (κ3) is 13.1. The van der Waals surface area contributed by atoms with Crippen molar-refractivity contribution in [2.45, 2.75) is 77.0 Å². The molecule has 1 amide bonds. The zero-order valence-corrected chi connectivity index (χ0v) is 34.7. The van der Waals surface area contributed by atoms with Crippen LogP contribution in [0.4, 0.5) is 10.1 Å². The van der Waals surface area contributed by atoms with Gasteiger partial charge in [0, 0.05) is 35.6 Å². The number of halogens is 1. The number of amides is 1. The molecule has 0 bridgehead atoms. The van der Waals surface area contributed by atoms with E-state index in [4.69, 9.17) is 14.2 Å². The van der Waals surface area contributed by atoms with Gasteiger partial charge in [-0.2, -0.15) is 0 Å². The molecule has 62 heavy (non-hydrogen) atoms. The first-order valence-corrected chi connectivity index (χ1v) is 20.2. The summed E-state index contributed by atoms with van der Waals surface area (Å²) in [5.41, 5.74) is 4.50. The summed E-state index contributed by atoms with van der Waals surface area (Å²) < 4.78 is 32.3. The minimum atomic E-state index is -1.28. The quantitative estimate of drug-likeness (QED) is 0.0151. The van der Waals surface area contributed by atoms with E-state index in [1.807, 2.05) is 66.9 Å². The van der Waals surface area contributed by atoms with Gasteiger partial charge in [0.15, 0.2) is 11.5 Å². The fraction of sp³-hybridized carbons (Fsp3) is 0.298. The molecule has 0 aliphatic rings. The Morgan fingerprint density at radius 2 is 1.56 bits per heavy atom. The molecule has 1 heterocycles. The molecule has 15 heteroatoms. The van der Waals surface area contributed by atoms with E-state index in [2.05, 4.69) is 10.2 Å². The number of anilines is 1. The van der Waals surface area contributed by atoms with E-state index in [9.17, 15) is 39.1 Å². The number of aromatic nitrogens is 1. The number of allylic oxidation sites excluding steroid dienone is 1. The summed E-state index contributed by atoms with van der Waals surface area (Å²) in [6.07, 6.45) is 1.43. The van der Waals surface area contributed by atoms with Crippen molar-refractivity contribution in [3.8, 4) is 39.6 Å². The van der Waals surface area contributed by atoms with Crippen molar-refractivity contribution < 1.29 is 53.1 Å². The van der Waals surface area contributed by atoms with Gasteiger partial charge in [0.1, 0.15) is 11.6 Å². The van der Waals surface area contributed by atoms with Crippen molar-refractivity contribution in [2.24, 2.45) is 0 Å². The molecular formula is C47H50FN3O11. The van der Waals surface area contributed by atoms with E-state index in [1.54, 1.807) is 30.3 Å². The molecule has 0 unspecified atom stereocenters. The summed E-state index contributed by atoms with van der Waals surface area (Å²) in [6.45, 7) is 4.12. The van der Waals surface area contributed by atoms with Crippen LogP contribution >= 0.6 is 0 Å². The van der Waals surface area contributed by atoms with Crippen LogP contribution in [0.5, 0.6) is 17.2 Å². The number of carbonyl (C=O) groups is 3. The molecule has 1 aromatic heterocycles. The van der Waals surface area contributed by atoms with Gasteiger partial charge >= 0.3 is 11.9 Å². The molecule has 0 spiro atoms. The summed E-state index contributed by atoms with van der Waals surface area (Å²) in [5.74, 6) is -2.18. The van der Waals surface area contributed by atoms with Crippen LogP contribution in [0.2, 0.25) is 0 Å². The maximum Gasteiger partial charge on any atom is 0.335 e. The Kier molecular flexibility index (Phi) is 16.9. The van der Waals surface area contributed by atoms with Gasteiger partial charge < -0.3 is 39.1 Å². The van der Waals surface area contributed by atoms with Gasteiger partial charge in [0.05, 0.1) is 43.6 Å². The van der Waals surface area contributed by atoms with E-state index < -0.39 is 41.5 Å². The van der Waals surface area contributed by atoms with Crippen LogP contribution in [0.1, 0.15) is 74.3 Å². The fourth-order valence-electron chi connectivity index (χ4n) is 6.99. The number of aliphatic hydroxyl groups excluding tert-OH is 2. The van der Waals surface area contributed by atoms with E-state index in [-0.39, 0.29) is 55.1 Å². The number of rotatable bonds is 22. The number of nitrogens with zero attached hydrogens (tertiary/aromatic N) is 2. The third-order valence-electron chi connectivity index (χ3n) is 9.71. The summed E-state index contributed by atoms with van der Waals surface area (Å²) >= 11 is 0. The van der Waals surface area contributed by atoms with Gasteiger partial charge in [-0.05, 0) is 97.7 Å². The Labute approximate surface area is 358 Å². The Morgan fingerprint density at radius 3 is 2.23 bits per heavy atom. The zero-order chi connectivity index (χ0) is 44.6. The summed E-state index contributed by atoms with van der Waals surface area (Å²) in [4.78, 5) is 54.0. The predicted molar refractivity (Wildman–Crippen MR) is 230 cm³/mol. The Hall–Kier alpha value is -6.84. The number of benzene rings is 4. The molecule has 0 aliphatic carbocycles. The van der Waals surface area contributed by atoms with Crippen molar-refractivity contribution in [1.82, 2.24) is 4.57 Å². The van der Waals surface area contributed by atoms with Gasteiger partial charge in [-0.25, -0.2) is 9.18 Å². The topological polar surface area (TPSA) is 189 Å². The normalized spacial score (nSPS) is 12.2. The number of ether oxygens (including phenoxy) is 3. The summed E-state index contributed by atoms with van der Waals surface area (Å²) in [7, 11) is 1.34. The molecule has 3 N–H and O–H groups in total. The molecule has 0 saturated heterocycles. The van der Waals surface area contributed by atoms with Gasteiger partial charge in [-0.3, -0.25) is 9.59 Å². The highest BCUT2D eigenvalue weighted by atomic mass is 19.1. The zero-order valence-electron chi connectivity index (χ0n) is 34.7. The van der Waals surface area contributed by atoms with Crippen LogP contribution in [-0.2, 0) is 21.0 Å². The van der Waals surface area contributed by atoms with Crippen molar-refractivity contribution in [3.63, 3.8) is 0 Å². The SMILES string of the molecule is COc1cc(OC(=O)/C=C/CCCCO[N+](=O)[O-])ccc1OC(=O)C[C@H](O)C[C@H](O)CCn1c(-c2ccc(F)cc2)c(-c2ccccc2)c(C(=O)Nc2ccccc2)c1C(C)C. The first-order valence-electron chi connectivity index (χ1n) is 20.2. The molecule has 2 atom stereocenters. The first-order chi connectivity index (χ1) is 29.8. The number of nitrogens with one attached hydrogen (secondary N) is 1. The average molecular weight is 852 g/mol. The lowest BCUT2D eigenvalue weighted by Crippen LogP contribution is -2.24. The lowest BCUT2D eigenvalue weighted by molar-refractivity contribution is -0.757. The van der Waals surface area contributed by atoms with Crippen molar-refractivity contribution in [2.75, 3.05) is 19.0 Å². The number of hydrogen-bond acceptors (Lipinski definition) is 11. The molecular weight excluding hydrogens is 802 g/mol. The molecule has 5 aromatic rings. The number of hydrogen-bond donors (Lipinski definition) is 3. The highest BCUT2D eigenvalue weighted by Gasteiger charge is 2.31. The van der Waals surface area contributed by atoms with Crippen LogP contribution in [-0.4, -0.2) is 63.6 Å². The first kappa shape index (κ1) is 46.2. The van der Waals surface area contributed by atoms with Crippen LogP contribution in [0.25, 0.3) is 22.4 Å². The number of aliphatic hydroxyl groups is 2. The van der Waals surface area contributed by atoms with E-state index in [1.165, 1.54) is 43.5 Å². The Morgan fingerprint density at radius 1 is 0.871 bits per heavy atom. The third-order valence-corrected chi connectivity index (χ3v) is 9.71. The van der Waals surface area contributed by atoms with Crippen LogP contribution < -0.4 is 19.5 Å². The minimum Gasteiger partial charge on any atom is -0.493 e. The minimum absolute atomic E-state index is 0.0148. The predicted octanol–water partition coefficient (Wildman–Crippen LogP) is 8.68. The molecule has 0 radical (unpaired) electrons. The van der Waals surface area contributed by atoms with Crippen molar-refractivity contribution >= 4 is 23.5 Å². The lowest BCUT2D eigenvalue weighted by atomic mass is 9.94. The smallest absolute Gasteiger partial charge is 0.335 e. The van der Waals surface area contributed by atoms with Crippen molar-refractivity contribution in [1.29, 1.82) is 0 Å². The largest absolute Gasteiger partial charge is 0.493 e. The second-order valence-electron chi connectivity index (χ2n) is 14.7. The molecule has 0 aliphatic heterocycles. The highest BCUT2D eigenvalue weighted by molar-refractivity contribution is 6.12. The summed E-state index contributed by atoms with van der Waals surface area (Å²) in [6, 6.07) is 28.7. The second-order valence-corrected chi connectivity index (χ2v) is 14.7. The molecule has 4 aromatic carbocycles. The molecule has 0 saturated carbocycles. The molecule has 14 nitrogen and oxygen atoms in total. The van der Waals surface area contributed by atoms with E-state index in [0.29, 0.717) is 53.0 Å². The number of esters is 2. The Balaban J connectivity index is 1.27. The fourth-order valence-corrected chi connectivity index (χ4v) is 6.99. The Bertz CT molecular complexity index is 2310. The van der Waals surface area contributed by atoms with Crippen LogP contribution in [0, 0.1) is 15.9 Å². The maximum atomic E-state index is 14.3.